The van der Waals surface area contributed by atoms with Crippen molar-refractivity contribution in [2.24, 2.45) is 0 Å². The Morgan fingerprint density at radius 1 is 1.26 bits per heavy atom. The number of thioether (sulfide) groups is 1. The third kappa shape index (κ3) is 3.92. The molecule has 0 amide bonds. The van der Waals surface area contributed by atoms with Crippen molar-refractivity contribution in [1.29, 1.82) is 0 Å². The summed E-state index contributed by atoms with van der Waals surface area (Å²) in [5.41, 5.74) is 0.334. The third-order valence-electron chi connectivity index (χ3n) is 2.46. The van der Waals surface area contributed by atoms with Crippen LogP contribution in [0.15, 0.2) is 5.03 Å². The molecule has 7 heteroatoms. The Bertz CT molecular complexity index is 505. The summed E-state index contributed by atoms with van der Waals surface area (Å²) in [6.45, 7) is 5.11. The van der Waals surface area contributed by atoms with Crippen LogP contribution in [0.25, 0.3) is 0 Å². The number of nitrogens with zero attached hydrogens (tertiary/aromatic N) is 2. The minimum Gasteiger partial charge on any atom is -0.480 e. The van der Waals surface area contributed by atoms with E-state index >= 15 is 0 Å². The van der Waals surface area contributed by atoms with Gasteiger partial charge in [-0.1, -0.05) is 25.1 Å². The zero-order chi connectivity index (χ0) is 14.6. The molecule has 1 aromatic rings. The number of rotatable bonds is 6. The minimum atomic E-state index is -1.14. The second kappa shape index (κ2) is 6.51. The van der Waals surface area contributed by atoms with Crippen LogP contribution in [0.2, 0.25) is 0 Å². The number of aliphatic carboxylic acids is 1. The molecule has 0 fully saturated rings. The molecule has 104 valence electrons. The molecular weight excluding hydrogens is 268 g/mol. The van der Waals surface area contributed by atoms with Crippen LogP contribution in [0.5, 0.6) is 0 Å². The first-order valence-electron chi connectivity index (χ1n) is 5.84. The highest BCUT2D eigenvalue weighted by Crippen LogP contribution is 2.29. The van der Waals surface area contributed by atoms with E-state index in [1.165, 1.54) is 0 Å². The van der Waals surface area contributed by atoms with E-state index in [1.807, 2.05) is 6.92 Å². The monoisotopic (exact) mass is 284 g/mol. The molecule has 0 aliphatic heterocycles. The molecule has 0 radical (unpaired) electrons. The van der Waals surface area contributed by atoms with Gasteiger partial charge >= 0.3 is 11.9 Å². The predicted molar refractivity (Wildman–Crippen MR) is 70.7 cm³/mol. The first-order chi connectivity index (χ1) is 8.86. The van der Waals surface area contributed by atoms with Gasteiger partial charge in [0.15, 0.2) is 0 Å². The topological polar surface area (TPSA) is 100 Å². The van der Waals surface area contributed by atoms with E-state index in [-0.39, 0.29) is 10.6 Å². The lowest BCUT2D eigenvalue weighted by molar-refractivity contribution is -0.136. The van der Waals surface area contributed by atoms with Gasteiger partial charge in [0.25, 0.3) is 0 Å². The summed E-state index contributed by atoms with van der Waals surface area (Å²) in [5, 5.41) is 17.8. The Morgan fingerprint density at radius 2 is 1.89 bits per heavy atom. The number of aryl methyl sites for hydroxylation is 2. The normalized spacial score (nSPS) is 12.2. The van der Waals surface area contributed by atoms with E-state index in [4.69, 9.17) is 5.11 Å². The number of hydrogen-bond acceptors (Lipinski definition) is 5. The van der Waals surface area contributed by atoms with Gasteiger partial charge in [0.05, 0.1) is 5.69 Å². The molecule has 1 rings (SSSR count). The van der Waals surface area contributed by atoms with E-state index in [1.54, 1.807) is 13.8 Å². The molecule has 0 saturated carbocycles. The van der Waals surface area contributed by atoms with Crippen LogP contribution >= 0.6 is 11.8 Å². The number of hydrogen-bond donors (Lipinski definition) is 2. The van der Waals surface area contributed by atoms with Crippen LogP contribution in [0.3, 0.4) is 0 Å². The fourth-order valence-electron chi connectivity index (χ4n) is 1.64. The first-order valence-corrected chi connectivity index (χ1v) is 6.72. The van der Waals surface area contributed by atoms with Gasteiger partial charge in [0.2, 0.25) is 0 Å². The Balaban J connectivity index is 3.18. The summed E-state index contributed by atoms with van der Waals surface area (Å²) in [6.07, 6.45) is 1.16. The highest BCUT2D eigenvalue weighted by Gasteiger charge is 2.24. The van der Waals surface area contributed by atoms with Crippen molar-refractivity contribution >= 4 is 23.7 Å². The molecule has 19 heavy (non-hydrogen) atoms. The van der Waals surface area contributed by atoms with Gasteiger partial charge in [-0.15, -0.1) is 0 Å². The Labute approximate surface area is 115 Å². The maximum Gasteiger partial charge on any atom is 0.340 e. The molecular formula is C12H16N2O4S. The molecule has 1 atom stereocenters. The summed E-state index contributed by atoms with van der Waals surface area (Å²) in [4.78, 5) is 30.4. The molecule has 1 unspecified atom stereocenters. The second-order valence-electron chi connectivity index (χ2n) is 4.07. The van der Waals surface area contributed by atoms with Gasteiger partial charge in [0, 0.05) is 0 Å². The van der Waals surface area contributed by atoms with Crippen molar-refractivity contribution in [3.05, 3.63) is 17.1 Å². The van der Waals surface area contributed by atoms with Crippen LogP contribution in [-0.4, -0.2) is 37.4 Å². The molecule has 0 spiro atoms. The van der Waals surface area contributed by atoms with Crippen molar-refractivity contribution in [2.45, 2.75) is 43.9 Å². The molecule has 2 N–H and O–H groups in total. The average molecular weight is 284 g/mol. The molecule has 1 heterocycles. The highest BCUT2D eigenvalue weighted by molar-refractivity contribution is 8.00. The molecule has 0 aliphatic rings. The number of aromatic carboxylic acids is 1. The van der Waals surface area contributed by atoms with Gasteiger partial charge in [-0.25, -0.2) is 14.8 Å². The lowest BCUT2D eigenvalue weighted by atomic mass is 10.2. The SMILES string of the molecule is CCCC(Sc1nc(C)nc(C)c1C(=O)O)C(=O)O. The van der Waals surface area contributed by atoms with Crippen molar-refractivity contribution in [1.82, 2.24) is 9.97 Å². The predicted octanol–water partition coefficient (Wildman–Crippen LogP) is 2.14. The van der Waals surface area contributed by atoms with Crippen molar-refractivity contribution in [3.63, 3.8) is 0 Å². The minimum absolute atomic E-state index is 0.0158. The van der Waals surface area contributed by atoms with E-state index in [9.17, 15) is 14.7 Å². The average Bonchev–Trinajstić information content (AvgIpc) is 2.26. The van der Waals surface area contributed by atoms with E-state index < -0.39 is 17.2 Å². The van der Waals surface area contributed by atoms with Gasteiger partial charge in [-0.3, -0.25) is 4.79 Å². The van der Waals surface area contributed by atoms with Crippen LogP contribution < -0.4 is 0 Å². The van der Waals surface area contributed by atoms with Gasteiger partial charge in [0.1, 0.15) is 21.7 Å². The lowest BCUT2D eigenvalue weighted by Gasteiger charge is -2.13. The van der Waals surface area contributed by atoms with E-state index in [2.05, 4.69) is 9.97 Å². The van der Waals surface area contributed by atoms with Gasteiger partial charge in [-0.2, -0.15) is 0 Å². The molecule has 6 nitrogen and oxygen atoms in total. The summed E-state index contributed by atoms with van der Waals surface area (Å²) < 4.78 is 0. The number of carboxylic acid groups (broad SMARTS) is 2. The first kappa shape index (κ1) is 15.4. The van der Waals surface area contributed by atoms with Crippen molar-refractivity contribution < 1.29 is 19.8 Å². The summed E-state index contributed by atoms with van der Waals surface area (Å²) in [6, 6.07) is 0. The number of carboxylic acids is 2. The van der Waals surface area contributed by atoms with Crippen LogP contribution in [0.4, 0.5) is 0 Å². The van der Waals surface area contributed by atoms with Crippen LogP contribution in [0.1, 0.15) is 41.6 Å². The molecule has 0 aromatic carbocycles. The standard InChI is InChI=1S/C12H16N2O4S/c1-4-5-8(11(15)16)19-10-9(12(17)18)6(2)13-7(3)14-10/h8H,4-5H2,1-3H3,(H,15,16)(H,17,18). The van der Waals surface area contributed by atoms with Crippen LogP contribution in [0, 0.1) is 13.8 Å². The Kier molecular flexibility index (Phi) is 5.29. The lowest BCUT2D eigenvalue weighted by Crippen LogP contribution is -2.18. The fourth-order valence-corrected chi connectivity index (χ4v) is 2.90. The maximum absolute atomic E-state index is 11.2. The number of carbonyl (C=O) groups is 2. The largest absolute Gasteiger partial charge is 0.480 e. The molecule has 0 saturated heterocycles. The summed E-state index contributed by atoms with van der Waals surface area (Å²) in [5.74, 6) is -1.66. The summed E-state index contributed by atoms with van der Waals surface area (Å²) >= 11 is 0.973. The van der Waals surface area contributed by atoms with Crippen LogP contribution in [-0.2, 0) is 4.79 Å². The van der Waals surface area contributed by atoms with Gasteiger partial charge in [-0.05, 0) is 20.3 Å². The Morgan fingerprint density at radius 3 is 2.37 bits per heavy atom. The summed E-state index contributed by atoms with van der Waals surface area (Å²) in [7, 11) is 0. The quantitative estimate of drug-likeness (QED) is 0.609. The number of aromatic nitrogens is 2. The van der Waals surface area contributed by atoms with Crippen molar-refractivity contribution in [3.8, 4) is 0 Å². The molecule has 0 bridgehead atoms. The van der Waals surface area contributed by atoms with Crippen molar-refractivity contribution in [2.75, 3.05) is 0 Å². The maximum atomic E-state index is 11.2. The zero-order valence-corrected chi connectivity index (χ0v) is 11.8. The zero-order valence-electron chi connectivity index (χ0n) is 11.0. The highest BCUT2D eigenvalue weighted by atomic mass is 32.2. The van der Waals surface area contributed by atoms with E-state index in [0.29, 0.717) is 24.4 Å². The van der Waals surface area contributed by atoms with Gasteiger partial charge < -0.3 is 10.2 Å². The third-order valence-corrected chi connectivity index (χ3v) is 3.70. The van der Waals surface area contributed by atoms with E-state index in [0.717, 1.165) is 11.8 Å². The second-order valence-corrected chi connectivity index (χ2v) is 5.27. The fraction of sp³-hybridized carbons (Fsp3) is 0.500. The Hall–Kier alpha value is -1.63. The smallest absolute Gasteiger partial charge is 0.340 e. The molecule has 0 aliphatic carbocycles. The molecule has 1 aromatic heterocycles.